The monoisotopic (exact) mass is 270 g/mol. The molecule has 2 aromatic rings. The molecule has 0 bridgehead atoms. The van der Waals surface area contributed by atoms with Crippen LogP contribution in [0.2, 0.25) is 0 Å². The van der Waals surface area contributed by atoms with Crippen LogP contribution in [0.5, 0.6) is 0 Å². The number of hydrogen-bond acceptors (Lipinski definition) is 2. The van der Waals surface area contributed by atoms with Crippen molar-refractivity contribution in [3.63, 3.8) is 0 Å². The fraction of sp³-hybridized carbons (Fsp3) is 0.250. The molecule has 0 unspecified atom stereocenters. The fourth-order valence-corrected chi connectivity index (χ4v) is 2.24. The highest BCUT2D eigenvalue weighted by Crippen LogP contribution is 2.30. The third-order valence-corrected chi connectivity index (χ3v) is 3.21. The SMILES string of the molecule is N#Cc1ccc2c(ccn2CCSC(F)(F)F)c1. The molecule has 0 aliphatic heterocycles. The topological polar surface area (TPSA) is 28.7 Å². The van der Waals surface area contributed by atoms with Gasteiger partial charge in [-0.1, -0.05) is 0 Å². The van der Waals surface area contributed by atoms with Crippen molar-refractivity contribution in [3.8, 4) is 6.07 Å². The van der Waals surface area contributed by atoms with E-state index in [-0.39, 0.29) is 17.5 Å². The predicted octanol–water partition coefficient (Wildman–Crippen LogP) is 3.77. The molecule has 0 saturated carbocycles. The second-order valence-electron chi connectivity index (χ2n) is 3.69. The van der Waals surface area contributed by atoms with Gasteiger partial charge in [0.15, 0.2) is 0 Å². The summed E-state index contributed by atoms with van der Waals surface area (Å²) >= 11 is -0.0252. The molecule has 18 heavy (non-hydrogen) atoms. The molecule has 94 valence electrons. The van der Waals surface area contributed by atoms with E-state index in [9.17, 15) is 13.2 Å². The van der Waals surface area contributed by atoms with Crippen molar-refractivity contribution in [2.24, 2.45) is 0 Å². The molecular weight excluding hydrogens is 261 g/mol. The van der Waals surface area contributed by atoms with E-state index >= 15 is 0 Å². The number of thioether (sulfide) groups is 1. The van der Waals surface area contributed by atoms with Gasteiger partial charge in [0.2, 0.25) is 0 Å². The van der Waals surface area contributed by atoms with Crippen molar-refractivity contribution in [2.75, 3.05) is 5.75 Å². The second-order valence-corrected chi connectivity index (χ2v) is 4.85. The maximum Gasteiger partial charge on any atom is 0.441 e. The number of nitrogens with zero attached hydrogens (tertiary/aromatic N) is 2. The van der Waals surface area contributed by atoms with Crippen LogP contribution in [-0.2, 0) is 6.54 Å². The molecule has 2 nitrogen and oxygen atoms in total. The first-order valence-electron chi connectivity index (χ1n) is 5.19. The molecule has 0 spiro atoms. The zero-order valence-electron chi connectivity index (χ0n) is 9.24. The van der Waals surface area contributed by atoms with Gasteiger partial charge in [-0.15, -0.1) is 0 Å². The van der Waals surface area contributed by atoms with Crippen molar-refractivity contribution in [1.82, 2.24) is 4.57 Å². The van der Waals surface area contributed by atoms with Gasteiger partial charge in [0, 0.05) is 29.4 Å². The Morgan fingerprint density at radius 1 is 1.28 bits per heavy atom. The summed E-state index contributed by atoms with van der Waals surface area (Å²) < 4.78 is 37.8. The highest BCUT2D eigenvalue weighted by atomic mass is 32.2. The van der Waals surface area contributed by atoms with E-state index in [0.29, 0.717) is 12.1 Å². The van der Waals surface area contributed by atoms with Crippen LogP contribution >= 0.6 is 11.8 Å². The number of nitriles is 1. The molecule has 0 amide bonds. The number of aromatic nitrogens is 1. The van der Waals surface area contributed by atoms with Crippen LogP contribution in [0.25, 0.3) is 10.9 Å². The number of fused-ring (bicyclic) bond motifs is 1. The van der Waals surface area contributed by atoms with E-state index in [1.165, 1.54) is 0 Å². The zero-order chi connectivity index (χ0) is 13.2. The van der Waals surface area contributed by atoms with E-state index in [1.54, 1.807) is 35.0 Å². The third-order valence-electron chi connectivity index (χ3n) is 2.50. The van der Waals surface area contributed by atoms with Gasteiger partial charge in [0.25, 0.3) is 0 Å². The van der Waals surface area contributed by atoms with Gasteiger partial charge in [-0.05, 0) is 36.0 Å². The Kier molecular flexibility index (Phi) is 3.53. The lowest BCUT2D eigenvalue weighted by molar-refractivity contribution is -0.0328. The van der Waals surface area contributed by atoms with Gasteiger partial charge in [0.1, 0.15) is 0 Å². The second kappa shape index (κ2) is 4.94. The van der Waals surface area contributed by atoms with Crippen LogP contribution in [0.4, 0.5) is 13.2 Å². The Labute approximate surface area is 106 Å². The molecule has 2 rings (SSSR count). The Balaban J connectivity index is 2.13. The first-order chi connectivity index (χ1) is 8.49. The molecule has 6 heteroatoms. The number of benzene rings is 1. The van der Waals surface area contributed by atoms with Crippen LogP contribution in [0.15, 0.2) is 30.5 Å². The summed E-state index contributed by atoms with van der Waals surface area (Å²) in [5, 5.41) is 9.62. The quantitative estimate of drug-likeness (QED) is 0.849. The van der Waals surface area contributed by atoms with E-state index in [0.717, 1.165) is 10.9 Å². The van der Waals surface area contributed by atoms with Crippen LogP contribution in [-0.4, -0.2) is 15.8 Å². The molecule has 0 N–H and O–H groups in total. The average Bonchev–Trinajstić information content (AvgIpc) is 2.70. The van der Waals surface area contributed by atoms with E-state index < -0.39 is 5.51 Å². The van der Waals surface area contributed by atoms with Crippen molar-refractivity contribution in [2.45, 2.75) is 12.1 Å². The molecular formula is C12H9F3N2S. The van der Waals surface area contributed by atoms with E-state index in [2.05, 4.69) is 0 Å². The molecule has 1 aromatic heterocycles. The van der Waals surface area contributed by atoms with Crippen molar-refractivity contribution >= 4 is 22.7 Å². The van der Waals surface area contributed by atoms with Gasteiger partial charge in [0.05, 0.1) is 11.6 Å². The molecule has 1 heterocycles. The lowest BCUT2D eigenvalue weighted by atomic mass is 10.2. The van der Waals surface area contributed by atoms with Crippen LogP contribution in [0, 0.1) is 11.3 Å². The summed E-state index contributed by atoms with van der Waals surface area (Å²) in [5.74, 6) is -0.0206. The maximum atomic E-state index is 12.0. The minimum Gasteiger partial charge on any atom is -0.347 e. The van der Waals surface area contributed by atoms with Gasteiger partial charge in [-0.3, -0.25) is 0 Å². The summed E-state index contributed by atoms with van der Waals surface area (Å²) in [5.41, 5.74) is -2.79. The summed E-state index contributed by atoms with van der Waals surface area (Å²) in [6.45, 7) is 0.291. The predicted molar refractivity (Wildman–Crippen MR) is 65.2 cm³/mol. The maximum absolute atomic E-state index is 12.0. The zero-order valence-corrected chi connectivity index (χ0v) is 10.1. The molecule has 0 radical (unpaired) electrons. The molecule has 0 aliphatic carbocycles. The molecule has 0 atom stereocenters. The summed E-state index contributed by atoms with van der Waals surface area (Å²) in [7, 11) is 0. The lowest BCUT2D eigenvalue weighted by Gasteiger charge is -2.07. The number of halogens is 3. The number of hydrogen-bond donors (Lipinski definition) is 0. The first kappa shape index (κ1) is 12.8. The van der Waals surface area contributed by atoms with Crippen LogP contribution in [0.1, 0.15) is 5.56 Å². The van der Waals surface area contributed by atoms with Crippen LogP contribution in [0.3, 0.4) is 0 Å². The molecule has 0 aliphatic rings. The first-order valence-corrected chi connectivity index (χ1v) is 6.18. The Bertz CT molecular complexity index is 595. The Morgan fingerprint density at radius 3 is 2.72 bits per heavy atom. The number of alkyl halides is 3. The summed E-state index contributed by atoms with van der Waals surface area (Å²) in [6.07, 6.45) is 1.74. The van der Waals surface area contributed by atoms with E-state index in [4.69, 9.17) is 5.26 Å². The fourth-order valence-electron chi connectivity index (χ4n) is 1.72. The molecule has 1 aromatic carbocycles. The third kappa shape index (κ3) is 2.99. The Morgan fingerprint density at radius 2 is 2.06 bits per heavy atom. The van der Waals surface area contributed by atoms with Crippen molar-refractivity contribution in [1.29, 1.82) is 5.26 Å². The minimum absolute atomic E-state index is 0.0206. The number of rotatable bonds is 3. The number of aryl methyl sites for hydroxylation is 1. The minimum atomic E-state index is -4.18. The normalized spacial score (nSPS) is 11.7. The van der Waals surface area contributed by atoms with Gasteiger partial charge >= 0.3 is 5.51 Å². The molecule has 0 fully saturated rings. The summed E-state index contributed by atoms with van der Waals surface area (Å²) in [6, 6.07) is 8.97. The van der Waals surface area contributed by atoms with Crippen molar-refractivity contribution in [3.05, 3.63) is 36.0 Å². The molecule has 0 saturated heterocycles. The standard InChI is InChI=1S/C12H9F3N2S/c13-12(14,15)18-6-5-17-4-3-10-7-9(8-16)1-2-11(10)17/h1-4,7H,5-6H2. The Hall–Kier alpha value is -1.61. The summed E-state index contributed by atoms with van der Waals surface area (Å²) in [4.78, 5) is 0. The smallest absolute Gasteiger partial charge is 0.347 e. The van der Waals surface area contributed by atoms with Gasteiger partial charge < -0.3 is 4.57 Å². The largest absolute Gasteiger partial charge is 0.441 e. The van der Waals surface area contributed by atoms with Gasteiger partial charge in [-0.25, -0.2) is 0 Å². The highest BCUT2D eigenvalue weighted by molar-refractivity contribution is 8.00. The highest BCUT2D eigenvalue weighted by Gasteiger charge is 2.27. The lowest BCUT2D eigenvalue weighted by Crippen LogP contribution is -2.06. The van der Waals surface area contributed by atoms with Gasteiger partial charge in [-0.2, -0.15) is 18.4 Å². The van der Waals surface area contributed by atoms with Crippen molar-refractivity contribution < 1.29 is 13.2 Å². The van der Waals surface area contributed by atoms with Crippen LogP contribution < -0.4 is 0 Å². The average molecular weight is 270 g/mol. The van der Waals surface area contributed by atoms with E-state index in [1.807, 2.05) is 6.07 Å².